The van der Waals surface area contributed by atoms with E-state index >= 15 is 0 Å². The maximum absolute atomic E-state index is 11.6. The second kappa shape index (κ2) is 5.34. The topological polar surface area (TPSA) is 125 Å². The Balaban J connectivity index is 1.73. The molecule has 4 unspecified atom stereocenters. The molecule has 7 nitrogen and oxygen atoms in total. The fraction of sp³-hybridized carbons (Fsp3) is 0.429. The molecule has 1 saturated carbocycles. The number of hydrogen-bond acceptors (Lipinski definition) is 6. The highest BCUT2D eigenvalue weighted by molar-refractivity contribution is 8.22. The van der Waals surface area contributed by atoms with Gasteiger partial charge < -0.3 is 5.32 Å². The van der Waals surface area contributed by atoms with Gasteiger partial charge in [0.1, 0.15) is 4.90 Å². The van der Waals surface area contributed by atoms with E-state index in [0.717, 1.165) is 18.9 Å². The van der Waals surface area contributed by atoms with Crippen molar-refractivity contribution in [2.24, 2.45) is 22.9 Å². The van der Waals surface area contributed by atoms with Gasteiger partial charge in [-0.3, -0.25) is 9.11 Å². The maximum atomic E-state index is 11.6. The van der Waals surface area contributed by atoms with Gasteiger partial charge in [-0.2, -0.15) is 4.72 Å². The van der Waals surface area contributed by atoms with Crippen LogP contribution in [0.4, 0.5) is 5.69 Å². The summed E-state index contributed by atoms with van der Waals surface area (Å²) in [6.07, 6.45) is 6.13. The van der Waals surface area contributed by atoms with Crippen molar-refractivity contribution in [3.05, 3.63) is 29.3 Å². The molecule has 2 bridgehead atoms. The Labute approximate surface area is 146 Å². The Bertz CT molecular complexity index is 843. The summed E-state index contributed by atoms with van der Waals surface area (Å²) in [5.74, 6) is 1.17. The van der Waals surface area contributed by atoms with E-state index in [1.54, 1.807) is 0 Å². The van der Waals surface area contributed by atoms with Crippen molar-refractivity contribution in [3.8, 4) is 0 Å². The standard InChI is InChI=1S/C14H18ClN3O4S2/c15-10-5-11-13(6-12(10)23(16,19)20)24(21,22)18-14(17-11)9-4-7-1-2-8(9)3-7/h1-2,5-9,14,17-18,21-22H,3-4H2,(H2,16,19,20). The number of halogens is 1. The Kier molecular flexibility index (Phi) is 3.70. The Hall–Kier alpha value is -0.810. The van der Waals surface area contributed by atoms with E-state index in [2.05, 4.69) is 22.2 Å². The maximum Gasteiger partial charge on any atom is 0.239 e. The zero-order valence-electron chi connectivity index (χ0n) is 12.5. The number of sulfonamides is 1. The Morgan fingerprint density at radius 3 is 2.58 bits per heavy atom. The van der Waals surface area contributed by atoms with Crippen LogP contribution >= 0.6 is 22.4 Å². The van der Waals surface area contributed by atoms with Crippen molar-refractivity contribution in [2.75, 3.05) is 5.32 Å². The van der Waals surface area contributed by atoms with Gasteiger partial charge in [-0.1, -0.05) is 23.8 Å². The summed E-state index contributed by atoms with van der Waals surface area (Å²) in [5.41, 5.74) is 0.419. The van der Waals surface area contributed by atoms with Gasteiger partial charge >= 0.3 is 0 Å². The number of rotatable bonds is 2. The van der Waals surface area contributed by atoms with Gasteiger partial charge in [0.05, 0.1) is 21.8 Å². The molecule has 1 aromatic carbocycles. The molecular weight excluding hydrogens is 374 g/mol. The lowest BCUT2D eigenvalue weighted by atomic mass is 9.91. The van der Waals surface area contributed by atoms with Gasteiger partial charge in [-0.05, 0) is 36.8 Å². The predicted molar refractivity (Wildman–Crippen MR) is 93.3 cm³/mol. The molecular formula is C14H18ClN3O4S2. The smallest absolute Gasteiger partial charge is 0.239 e. The predicted octanol–water partition coefficient (Wildman–Crippen LogP) is 2.57. The van der Waals surface area contributed by atoms with E-state index < -0.39 is 20.8 Å². The molecule has 1 aromatic rings. The monoisotopic (exact) mass is 391 g/mol. The second-order valence-electron chi connectivity index (χ2n) is 6.56. The quantitative estimate of drug-likeness (QED) is 0.493. The minimum Gasteiger partial charge on any atom is -0.367 e. The molecule has 0 amide bonds. The van der Waals surface area contributed by atoms with Crippen LogP contribution in [0.15, 0.2) is 34.1 Å². The number of nitrogens with one attached hydrogen (secondary N) is 2. The highest BCUT2D eigenvalue weighted by atomic mass is 35.5. The van der Waals surface area contributed by atoms with Gasteiger partial charge in [-0.15, -0.1) is 10.8 Å². The summed E-state index contributed by atoms with van der Waals surface area (Å²) in [6, 6.07) is 2.51. The van der Waals surface area contributed by atoms with Crippen molar-refractivity contribution >= 4 is 38.1 Å². The van der Waals surface area contributed by atoms with Crippen LogP contribution in [-0.2, 0) is 10.0 Å². The fourth-order valence-corrected chi connectivity index (χ4v) is 6.53. The highest BCUT2D eigenvalue weighted by Gasteiger charge is 2.44. The number of hydrogen-bond donors (Lipinski definition) is 5. The summed E-state index contributed by atoms with van der Waals surface area (Å²) < 4.78 is 47.0. The number of allylic oxidation sites excluding steroid dienone is 2. The van der Waals surface area contributed by atoms with Crippen LogP contribution in [0.25, 0.3) is 0 Å². The SMILES string of the molecule is NS(=O)(=O)c1cc2c(cc1Cl)NC(C1CC3C=CC1C3)NS2(O)O. The van der Waals surface area contributed by atoms with Crippen LogP contribution in [0, 0.1) is 17.8 Å². The largest absolute Gasteiger partial charge is 0.367 e. The van der Waals surface area contributed by atoms with Gasteiger partial charge in [0.15, 0.2) is 0 Å². The summed E-state index contributed by atoms with van der Waals surface area (Å²) >= 11 is 6.02. The molecule has 4 rings (SSSR count). The van der Waals surface area contributed by atoms with Gasteiger partial charge in [0.2, 0.25) is 10.0 Å². The third kappa shape index (κ3) is 2.64. The summed E-state index contributed by atoms with van der Waals surface area (Å²) in [4.78, 5) is -0.265. The summed E-state index contributed by atoms with van der Waals surface area (Å²) in [6.45, 7) is 0. The summed E-state index contributed by atoms with van der Waals surface area (Å²) in [5, 5.41) is 8.32. The molecule has 1 aliphatic heterocycles. The first kappa shape index (κ1) is 16.6. The minimum absolute atomic E-state index is 0.0487. The molecule has 4 atom stereocenters. The zero-order valence-corrected chi connectivity index (χ0v) is 14.9. The molecule has 0 radical (unpaired) electrons. The third-order valence-electron chi connectivity index (χ3n) is 5.01. The molecule has 10 heteroatoms. The van der Waals surface area contributed by atoms with E-state index in [1.807, 2.05) is 0 Å². The lowest BCUT2D eigenvalue weighted by Gasteiger charge is -2.46. The van der Waals surface area contributed by atoms with E-state index in [9.17, 15) is 17.5 Å². The van der Waals surface area contributed by atoms with Crippen molar-refractivity contribution < 1.29 is 17.5 Å². The van der Waals surface area contributed by atoms with Gasteiger partial charge in [-0.25, -0.2) is 13.6 Å². The normalized spacial score (nSPS) is 34.7. The molecule has 3 aliphatic rings. The molecule has 6 N–H and O–H groups in total. The first-order chi connectivity index (χ1) is 11.1. The van der Waals surface area contributed by atoms with Crippen LogP contribution < -0.4 is 15.2 Å². The number of benzene rings is 1. The lowest BCUT2D eigenvalue weighted by molar-refractivity contribution is 0.347. The van der Waals surface area contributed by atoms with Crippen molar-refractivity contribution in [2.45, 2.75) is 28.8 Å². The average molecular weight is 392 g/mol. The van der Waals surface area contributed by atoms with E-state index in [-0.39, 0.29) is 26.9 Å². The molecule has 1 fully saturated rings. The van der Waals surface area contributed by atoms with E-state index in [1.165, 1.54) is 6.07 Å². The van der Waals surface area contributed by atoms with Crippen LogP contribution in [-0.4, -0.2) is 23.7 Å². The fourth-order valence-electron chi connectivity index (χ4n) is 3.94. The van der Waals surface area contributed by atoms with Gasteiger partial charge in [0.25, 0.3) is 0 Å². The lowest BCUT2D eigenvalue weighted by Crippen LogP contribution is -2.48. The number of nitrogens with two attached hydrogens (primary N) is 1. The molecule has 0 saturated heterocycles. The van der Waals surface area contributed by atoms with Crippen LogP contribution in [0.1, 0.15) is 12.8 Å². The highest BCUT2D eigenvalue weighted by Crippen LogP contribution is 2.55. The molecule has 132 valence electrons. The van der Waals surface area contributed by atoms with E-state index in [0.29, 0.717) is 17.5 Å². The Morgan fingerprint density at radius 2 is 2.00 bits per heavy atom. The molecule has 1 heterocycles. The van der Waals surface area contributed by atoms with Gasteiger partial charge in [0, 0.05) is 5.92 Å². The molecule has 2 aliphatic carbocycles. The first-order valence-corrected chi connectivity index (χ1v) is 11.0. The number of fused-ring (bicyclic) bond motifs is 3. The zero-order chi connectivity index (χ0) is 17.3. The van der Waals surface area contributed by atoms with Crippen LogP contribution in [0.3, 0.4) is 0 Å². The molecule has 24 heavy (non-hydrogen) atoms. The number of primary sulfonamides is 1. The second-order valence-corrected chi connectivity index (χ2v) is 10.3. The van der Waals surface area contributed by atoms with Crippen molar-refractivity contribution in [1.29, 1.82) is 0 Å². The Morgan fingerprint density at radius 1 is 1.25 bits per heavy atom. The molecule has 0 spiro atoms. The third-order valence-corrected chi connectivity index (χ3v) is 7.92. The minimum atomic E-state index is -4.06. The van der Waals surface area contributed by atoms with Crippen LogP contribution in [0.2, 0.25) is 5.02 Å². The van der Waals surface area contributed by atoms with E-state index in [4.69, 9.17) is 16.7 Å². The van der Waals surface area contributed by atoms with Crippen molar-refractivity contribution in [3.63, 3.8) is 0 Å². The number of anilines is 1. The average Bonchev–Trinajstić information content (AvgIpc) is 3.06. The van der Waals surface area contributed by atoms with Crippen molar-refractivity contribution in [1.82, 2.24) is 4.72 Å². The molecule has 0 aromatic heterocycles. The van der Waals surface area contributed by atoms with Crippen LogP contribution in [0.5, 0.6) is 0 Å². The first-order valence-electron chi connectivity index (χ1n) is 7.52. The summed E-state index contributed by atoms with van der Waals surface area (Å²) in [7, 11) is -7.42.